The first kappa shape index (κ1) is 14.3. The minimum absolute atomic E-state index is 0.191. The Bertz CT molecular complexity index is 335. The van der Waals surface area contributed by atoms with Gasteiger partial charge in [-0.15, -0.1) is 0 Å². The molecule has 2 saturated heterocycles. The molecule has 2 fully saturated rings. The van der Waals surface area contributed by atoms with Crippen molar-refractivity contribution in [1.82, 2.24) is 0 Å². The molecule has 2 heterocycles. The van der Waals surface area contributed by atoms with Crippen LogP contribution in [0.5, 0.6) is 0 Å². The highest BCUT2D eigenvalue weighted by Gasteiger charge is 2.56. The zero-order chi connectivity index (χ0) is 13.4. The van der Waals surface area contributed by atoms with Crippen molar-refractivity contribution >= 4 is 7.82 Å². The molecule has 18 heavy (non-hydrogen) atoms. The van der Waals surface area contributed by atoms with Crippen molar-refractivity contribution in [3.05, 3.63) is 0 Å². The average Bonchev–Trinajstić information content (AvgIpc) is 2.86. The van der Waals surface area contributed by atoms with Gasteiger partial charge in [-0.3, -0.25) is 4.52 Å². The fourth-order valence-corrected chi connectivity index (χ4v) is 2.64. The first-order valence-electron chi connectivity index (χ1n) is 5.30. The number of hydrogen-bond acceptors (Lipinski definition) is 7. The second kappa shape index (κ2) is 5.12. The molecular formula is C8H15O9P. The Morgan fingerprint density at radius 1 is 1.33 bits per heavy atom. The molecule has 0 aromatic rings. The topological polar surface area (TPSA) is 135 Å². The van der Waals surface area contributed by atoms with Crippen LogP contribution in [0.25, 0.3) is 0 Å². The Morgan fingerprint density at radius 3 is 2.44 bits per heavy atom. The van der Waals surface area contributed by atoms with E-state index in [1.54, 1.807) is 0 Å². The molecular weight excluding hydrogens is 271 g/mol. The number of aliphatic hydroxyl groups is 2. The summed E-state index contributed by atoms with van der Waals surface area (Å²) < 4.78 is 31.0. The molecule has 0 bridgehead atoms. The first-order valence-corrected chi connectivity index (χ1v) is 6.83. The maximum atomic E-state index is 10.8. The van der Waals surface area contributed by atoms with Gasteiger partial charge in [0.1, 0.15) is 24.9 Å². The molecule has 0 spiro atoms. The minimum Gasteiger partial charge on any atom is -0.391 e. The smallest absolute Gasteiger partial charge is 0.391 e. The van der Waals surface area contributed by atoms with Crippen LogP contribution in [0.1, 0.15) is 0 Å². The number of aliphatic hydroxyl groups excluding tert-OH is 2. The lowest BCUT2D eigenvalue weighted by atomic mass is 10.0. The number of ether oxygens (including phenoxy) is 3. The molecule has 2 aliphatic rings. The molecule has 3 atom stereocenters. The van der Waals surface area contributed by atoms with Crippen molar-refractivity contribution in [1.29, 1.82) is 0 Å². The molecule has 106 valence electrons. The zero-order valence-electron chi connectivity index (χ0n) is 9.34. The summed E-state index contributed by atoms with van der Waals surface area (Å²) in [5, 5.41) is 18.9. The fourth-order valence-electron chi connectivity index (χ4n) is 2.07. The fraction of sp³-hybridized carbons (Fsp3) is 1.00. The molecule has 0 aliphatic carbocycles. The Labute approximate surface area is 102 Å². The third-order valence-corrected chi connectivity index (χ3v) is 3.33. The van der Waals surface area contributed by atoms with Crippen LogP contribution in [-0.2, 0) is 23.3 Å². The minimum atomic E-state index is -4.80. The lowest BCUT2D eigenvalue weighted by Gasteiger charge is -2.33. The van der Waals surface area contributed by atoms with E-state index in [0.717, 1.165) is 0 Å². The maximum Gasteiger partial charge on any atom is 0.470 e. The van der Waals surface area contributed by atoms with Crippen LogP contribution in [0.2, 0.25) is 0 Å². The summed E-state index contributed by atoms with van der Waals surface area (Å²) in [5.41, 5.74) is 0. The van der Waals surface area contributed by atoms with E-state index in [-0.39, 0.29) is 19.8 Å². The van der Waals surface area contributed by atoms with Crippen molar-refractivity contribution in [2.45, 2.75) is 24.1 Å². The van der Waals surface area contributed by atoms with Crippen LogP contribution in [0, 0.1) is 0 Å². The van der Waals surface area contributed by atoms with Crippen molar-refractivity contribution < 1.29 is 43.3 Å². The van der Waals surface area contributed by atoms with Crippen molar-refractivity contribution in [3.63, 3.8) is 0 Å². The Hall–Kier alpha value is -0.0900. The van der Waals surface area contributed by atoms with Gasteiger partial charge in [-0.1, -0.05) is 0 Å². The molecule has 4 N–H and O–H groups in total. The monoisotopic (exact) mass is 286 g/mol. The van der Waals surface area contributed by atoms with Gasteiger partial charge < -0.3 is 34.2 Å². The SMILES string of the molecule is O=P(O)(O)O[C@@H]1[C@@H](O)CO[C@@H]1C1(CO)OCCO1. The molecule has 10 heteroatoms. The van der Waals surface area contributed by atoms with Crippen LogP contribution < -0.4 is 0 Å². The molecule has 0 aromatic heterocycles. The summed E-state index contributed by atoms with van der Waals surface area (Å²) in [7, 11) is -4.80. The lowest BCUT2D eigenvalue weighted by molar-refractivity contribution is -0.253. The highest BCUT2D eigenvalue weighted by atomic mass is 31.2. The van der Waals surface area contributed by atoms with Gasteiger partial charge in [-0.2, -0.15) is 0 Å². The van der Waals surface area contributed by atoms with Gasteiger partial charge in [0.2, 0.25) is 5.79 Å². The van der Waals surface area contributed by atoms with Crippen molar-refractivity contribution in [2.75, 3.05) is 26.4 Å². The van der Waals surface area contributed by atoms with Crippen molar-refractivity contribution in [3.8, 4) is 0 Å². The van der Waals surface area contributed by atoms with Gasteiger partial charge >= 0.3 is 7.82 Å². The quantitative estimate of drug-likeness (QED) is 0.431. The van der Waals surface area contributed by atoms with E-state index in [0.29, 0.717) is 0 Å². The number of hydrogen-bond donors (Lipinski definition) is 4. The average molecular weight is 286 g/mol. The predicted molar refractivity (Wildman–Crippen MR) is 54.4 cm³/mol. The molecule has 0 saturated carbocycles. The van der Waals surface area contributed by atoms with E-state index in [9.17, 15) is 14.8 Å². The van der Waals surface area contributed by atoms with E-state index in [1.165, 1.54) is 0 Å². The van der Waals surface area contributed by atoms with Gasteiger partial charge in [0.25, 0.3) is 0 Å². The summed E-state index contributed by atoms with van der Waals surface area (Å²) >= 11 is 0. The van der Waals surface area contributed by atoms with Crippen LogP contribution in [0.3, 0.4) is 0 Å². The summed E-state index contributed by atoms with van der Waals surface area (Å²) in [4.78, 5) is 17.6. The molecule has 9 nitrogen and oxygen atoms in total. The van der Waals surface area contributed by atoms with Gasteiger partial charge in [0.05, 0.1) is 19.8 Å². The highest BCUT2D eigenvalue weighted by Crippen LogP contribution is 2.43. The molecule has 2 aliphatic heterocycles. The second-order valence-electron chi connectivity index (χ2n) is 4.05. The number of rotatable bonds is 4. The lowest BCUT2D eigenvalue weighted by Crippen LogP contribution is -2.53. The molecule has 2 rings (SSSR count). The van der Waals surface area contributed by atoms with Crippen molar-refractivity contribution in [2.24, 2.45) is 0 Å². The van der Waals surface area contributed by atoms with Gasteiger partial charge in [0.15, 0.2) is 0 Å². The van der Waals surface area contributed by atoms with E-state index in [2.05, 4.69) is 4.52 Å². The summed E-state index contributed by atoms with van der Waals surface area (Å²) in [6.45, 7) is -0.354. The van der Waals surface area contributed by atoms with Crippen LogP contribution in [0.15, 0.2) is 0 Å². The molecule has 0 radical (unpaired) electrons. The van der Waals surface area contributed by atoms with E-state index < -0.39 is 38.5 Å². The number of phosphoric ester groups is 1. The third kappa shape index (κ3) is 2.74. The van der Waals surface area contributed by atoms with E-state index in [1.807, 2.05) is 0 Å². The normalized spacial score (nSPS) is 36.1. The van der Waals surface area contributed by atoms with Crippen LogP contribution in [-0.4, -0.2) is 70.5 Å². The predicted octanol–water partition coefficient (Wildman–Crippen LogP) is -2.04. The van der Waals surface area contributed by atoms with Crippen LogP contribution >= 0.6 is 7.82 Å². The summed E-state index contributed by atoms with van der Waals surface area (Å²) in [5.74, 6) is -1.56. The number of phosphoric acid groups is 1. The molecule has 0 aromatic carbocycles. The Kier molecular flexibility index (Phi) is 4.07. The zero-order valence-corrected chi connectivity index (χ0v) is 10.2. The highest BCUT2D eigenvalue weighted by molar-refractivity contribution is 7.46. The Morgan fingerprint density at radius 2 is 1.94 bits per heavy atom. The third-order valence-electron chi connectivity index (χ3n) is 2.81. The largest absolute Gasteiger partial charge is 0.470 e. The maximum absolute atomic E-state index is 10.8. The standard InChI is InChI=1S/C8H15O9P/c9-4-8(15-1-2-16-8)7-6(5(10)3-14-7)17-18(11,12)13/h5-7,9-10H,1-4H2,(H2,11,12,13)/t5-,6+,7-/m0/s1. The van der Waals surface area contributed by atoms with E-state index >= 15 is 0 Å². The van der Waals surface area contributed by atoms with Gasteiger partial charge in [0, 0.05) is 0 Å². The van der Waals surface area contributed by atoms with Gasteiger partial charge in [-0.05, 0) is 0 Å². The Balaban J connectivity index is 2.17. The second-order valence-corrected chi connectivity index (χ2v) is 5.24. The van der Waals surface area contributed by atoms with Gasteiger partial charge in [-0.25, -0.2) is 4.57 Å². The van der Waals surface area contributed by atoms with E-state index in [4.69, 9.17) is 24.0 Å². The molecule has 0 unspecified atom stereocenters. The summed E-state index contributed by atoms with van der Waals surface area (Å²) in [6.07, 6.45) is -3.69. The van der Waals surface area contributed by atoms with Crippen LogP contribution in [0.4, 0.5) is 0 Å². The molecule has 0 amide bonds. The summed E-state index contributed by atoms with van der Waals surface area (Å²) in [6, 6.07) is 0. The first-order chi connectivity index (χ1) is 8.38.